The second-order valence-corrected chi connectivity index (χ2v) is 8.20. The molecule has 168 valence electrons. The molecule has 7 heteroatoms. The van der Waals surface area contributed by atoms with Gasteiger partial charge in [-0.25, -0.2) is 0 Å². The van der Waals surface area contributed by atoms with Crippen LogP contribution in [0.25, 0.3) is 0 Å². The number of carbonyl (C=O) groups excluding carboxylic acids is 2. The highest BCUT2D eigenvalue weighted by Crippen LogP contribution is 2.48. The van der Waals surface area contributed by atoms with Gasteiger partial charge in [0.25, 0.3) is 5.91 Å². The SMILES string of the molecule is COc1cc2c(cc1OC)[C@H](C(=O)NCc1ccccn1)[C@@H]1c3ccccc3CCN1C2=O. The molecule has 0 saturated heterocycles. The number of methoxy groups -OCH3 is 2. The molecule has 0 spiro atoms. The Hall–Kier alpha value is -3.87. The first-order valence-electron chi connectivity index (χ1n) is 10.9. The number of nitrogens with zero attached hydrogens (tertiary/aromatic N) is 2. The Kier molecular flexibility index (Phi) is 5.46. The van der Waals surface area contributed by atoms with Crippen LogP contribution < -0.4 is 14.8 Å². The summed E-state index contributed by atoms with van der Waals surface area (Å²) in [6.45, 7) is 0.861. The standard InChI is InChI=1S/C26H25N3O4/c1-32-21-13-19-20(14-22(21)33-2)26(31)29-12-10-16-7-3-4-9-18(16)24(29)23(19)25(30)28-15-17-8-5-6-11-27-17/h3-9,11,13-14,23-24H,10,12,15H2,1-2H3,(H,28,30)/t23-,24-/m0/s1. The Balaban J connectivity index is 1.62. The van der Waals surface area contributed by atoms with Gasteiger partial charge in [0.1, 0.15) is 0 Å². The summed E-state index contributed by atoms with van der Waals surface area (Å²) in [6, 6.07) is 16.7. The number of amides is 2. The summed E-state index contributed by atoms with van der Waals surface area (Å²) < 4.78 is 10.9. The highest BCUT2D eigenvalue weighted by Gasteiger charge is 2.46. The first-order chi connectivity index (χ1) is 16.1. The molecular weight excluding hydrogens is 418 g/mol. The van der Waals surface area contributed by atoms with Gasteiger partial charge in [0.15, 0.2) is 11.5 Å². The summed E-state index contributed by atoms with van der Waals surface area (Å²) in [5, 5.41) is 3.04. The fraction of sp³-hybridized carbons (Fsp3) is 0.269. The number of pyridine rings is 1. The molecule has 3 heterocycles. The van der Waals surface area contributed by atoms with Gasteiger partial charge in [0.2, 0.25) is 5.91 Å². The molecule has 2 aromatic carbocycles. The minimum Gasteiger partial charge on any atom is -0.493 e. The normalized spacial score (nSPS) is 18.6. The van der Waals surface area contributed by atoms with Crippen LogP contribution in [0, 0.1) is 0 Å². The van der Waals surface area contributed by atoms with Crippen LogP contribution in [0.5, 0.6) is 11.5 Å². The van der Waals surface area contributed by atoms with Crippen molar-refractivity contribution in [2.75, 3.05) is 20.8 Å². The van der Waals surface area contributed by atoms with Gasteiger partial charge in [-0.15, -0.1) is 0 Å². The predicted octanol–water partition coefficient (Wildman–Crippen LogP) is 3.25. The lowest BCUT2D eigenvalue weighted by molar-refractivity contribution is -0.124. The van der Waals surface area contributed by atoms with E-state index in [9.17, 15) is 9.59 Å². The van der Waals surface area contributed by atoms with Gasteiger partial charge in [-0.2, -0.15) is 0 Å². The van der Waals surface area contributed by atoms with Crippen molar-refractivity contribution in [3.8, 4) is 11.5 Å². The third-order valence-electron chi connectivity index (χ3n) is 6.48. The van der Waals surface area contributed by atoms with Crippen LogP contribution in [0.4, 0.5) is 0 Å². The van der Waals surface area contributed by atoms with Gasteiger partial charge in [0.05, 0.1) is 38.4 Å². The van der Waals surface area contributed by atoms with E-state index in [0.717, 1.165) is 23.2 Å². The number of rotatable bonds is 5. The quantitative estimate of drug-likeness (QED) is 0.655. The Morgan fingerprint density at radius 3 is 2.58 bits per heavy atom. The fourth-order valence-electron chi connectivity index (χ4n) is 4.92. The molecule has 2 aliphatic heterocycles. The number of aromatic nitrogens is 1. The van der Waals surface area contributed by atoms with E-state index in [-0.39, 0.29) is 11.8 Å². The van der Waals surface area contributed by atoms with Crippen molar-refractivity contribution in [2.24, 2.45) is 0 Å². The molecule has 7 nitrogen and oxygen atoms in total. The average molecular weight is 444 g/mol. The van der Waals surface area contributed by atoms with Gasteiger partial charge in [0, 0.05) is 18.3 Å². The third-order valence-corrected chi connectivity index (χ3v) is 6.48. The van der Waals surface area contributed by atoms with Crippen molar-refractivity contribution >= 4 is 11.8 Å². The van der Waals surface area contributed by atoms with Crippen molar-refractivity contribution in [3.05, 3.63) is 88.7 Å². The fourth-order valence-corrected chi connectivity index (χ4v) is 4.92. The number of fused-ring (bicyclic) bond motifs is 4. The van der Waals surface area contributed by atoms with Crippen LogP contribution >= 0.6 is 0 Å². The van der Waals surface area contributed by atoms with Crippen LogP contribution in [0.15, 0.2) is 60.8 Å². The molecule has 5 rings (SSSR count). The molecule has 1 aromatic heterocycles. The van der Waals surface area contributed by atoms with Crippen LogP contribution in [0.3, 0.4) is 0 Å². The molecule has 1 N–H and O–H groups in total. The number of nitrogens with one attached hydrogen (secondary N) is 1. The Bertz CT molecular complexity index is 1210. The second kappa shape index (κ2) is 8.58. The summed E-state index contributed by atoms with van der Waals surface area (Å²) in [7, 11) is 3.09. The van der Waals surface area contributed by atoms with E-state index in [2.05, 4.69) is 16.4 Å². The lowest BCUT2D eigenvalue weighted by Gasteiger charge is -2.45. The highest BCUT2D eigenvalue weighted by atomic mass is 16.5. The molecule has 33 heavy (non-hydrogen) atoms. The third kappa shape index (κ3) is 3.59. The number of ether oxygens (including phenoxy) is 2. The summed E-state index contributed by atoms with van der Waals surface area (Å²) in [5.41, 5.74) is 4.06. The van der Waals surface area contributed by atoms with E-state index < -0.39 is 12.0 Å². The van der Waals surface area contributed by atoms with Gasteiger partial charge < -0.3 is 19.7 Å². The number of carbonyl (C=O) groups is 2. The topological polar surface area (TPSA) is 80.8 Å². The first kappa shape index (κ1) is 21.0. The number of hydrogen-bond acceptors (Lipinski definition) is 5. The molecule has 0 aliphatic carbocycles. The molecule has 0 unspecified atom stereocenters. The van der Waals surface area contributed by atoms with E-state index in [1.165, 1.54) is 7.11 Å². The van der Waals surface area contributed by atoms with E-state index >= 15 is 0 Å². The van der Waals surface area contributed by atoms with Crippen LogP contribution in [-0.4, -0.2) is 42.5 Å². The summed E-state index contributed by atoms with van der Waals surface area (Å²) in [4.78, 5) is 33.4. The maximum Gasteiger partial charge on any atom is 0.254 e. The van der Waals surface area contributed by atoms with Crippen LogP contribution in [0.2, 0.25) is 0 Å². The minimum atomic E-state index is -0.595. The van der Waals surface area contributed by atoms with E-state index in [1.807, 2.05) is 41.3 Å². The molecule has 0 fully saturated rings. The largest absolute Gasteiger partial charge is 0.493 e. The molecular formula is C26H25N3O4. The zero-order valence-corrected chi connectivity index (χ0v) is 18.6. The number of hydrogen-bond donors (Lipinski definition) is 1. The van der Waals surface area contributed by atoms with E-state index in [4.69, 9.17) is 9.47 Å². The smallest absolute Gasteiger partial charge is 0.254 e. The summed E-state index contributed by atoms with van der Waals surface area (Å²) in [6.07, 6.45) is 2.45. The maximum atomic E-state index is 13.7. The maximum absolute atomic E-state index is 13.7. The molecule has 2 atom stereocenters. The van der Waals surface area contributed by atoms with Crippen LogP contribution in [-0.2, 0) is 17.8 Å². The molecule has 3 aromatic rings. The second-order valence-electron chi connectivity index (χ2n) is 8.20. The number of benzene rings is 2. The van der Waals surface area contributed by atoms with E-state index in [1.54, 1.807) is 25.4 Å². The van der Waals surface area contributed by atoms with Crippen LogP contribution in [0.1, 0.15) is 44.7 Å². The van der Waals surface area contributed by atoms with Crippen molar-refractivity contribution in [2.45, 2.75) is 24.9 Å². The van der Waals surface area contributed by atoms with Crippen molar-refractivity contribution in [1.29, 1.82) is 0 Å². The molecule has 0 bridgehead atoms. The first-order valence-corrected chi connectivity index (χ1v) is 10.9. The molecule has 0 saturated carbocycles. The molecule has 2 aliphatic rings. The van der Waals surface area contributed by atoms with Gasteiger partial charge in [-0.05, 0) is 47.4 Å². The Labute approximate surface area is 192 Å². The Morgan fingerprint density at radius 2 is 1.82 bits per heavy atom. The Morgan fingerprint density at radius 1 is 1.06 bits per heavy atom. The van der Waals surface area contributed by atoms with Gasteiger partial charge in [-0.3, -0.25) is 14.6 Å². The summed E-state index contributed by atoms with van der Waals surface area (Å²) >= 11 is 0. The highest BCUT2D eigenvalue weighted by molar-refractivity contribution is 6.02. The lowest BCUT2D eigenvalue weighted by atomic mass is 9.75. The van der Waals surface area contributed by atoms with Gasteiger partial charge in [-0.1, -0.05) is 30.3 Å². The zero-order chi connectivity index (χ0) is 22.9. The van der Waals surface area contributed by atoms with Crippen molar-refractivity contribution in [3.63, 3.8) is 0 Å². The summed E-state index contributed by atoms with van der Waals surface area (Å²) in [5.74, 6) is 0.104. The zero-order valence-electron chi connectivity index (χ0n) is 18.6. The minimum absolute atomic E-state index is 0.0979. The van der Waals surface area contributed by atoms with E-state index in [0.29, 0.717) is 35.7 Å². The average Bonchev–Trinajstić information content (AvgIpc) is 2.87. The van der Waals surface area contributed by atoms with Gasteiger partial charge >= 0.3 is 0 Å². The lowest BCUT2D eigenvalue weighted by Crippen LogP contribution is -2.50. The molecule has 2 amide bonds. The molecule has 0 radical (unpaired) electrons. The van der Waals surface area contributed by atoms with Crippen molar-refractivity contribution < 1.29 is 19.1 Å². The monoisotopic (exact) mass is 443 g/mol. The van der Waals surface area contributed by atoms with Crippen molar-refractivity contribution in [1.82, 2.24) is 15.2 Å². The predicted molar refractivity (Wildman–Crippen MR) is 122 cm³/mol.